The summed E-state index contributed by atoms with van der Waals surface area (Å²) in [6, 6.07) is 0.207. The van der Waals surface area contributed by atoms with Gasteiger partial charge >= 0.3 is 6.18 Å². The monoisotopic (exact) mass is 235 g/mol. The van der Waals surface area contributed by atoms with Crippen LogP contribution in [-0.2, 0) is 6.18 Å². The molecule has 0 fully saturated rings. The van der Waals surface area contributed by atoms with Crippen LogP contribution in [0.3, 0.4) is 0 Å². The van der Waals surface area contributed by atoms with Crippen LogP contribution in [0.2, 0.25) is 0 Å². The molecule has 1 rings (SSSR count). The number of halogens is 3. The molecule has 6 heteroatoms. The van der Waals surface area contributed by atoms with Crippen molar-refractivity contribution in [2.24, 2.45) is 0 Å². The van der Waals surface area contributed by atoms with Gasteiger partial charge in [-0.05, 0) is 6.92 Å². The molecule has 0 spiro atoms. The fraction of sp³-hybridized carbons (Fsp3) is 0.700. The van der Waals surface area contributed by atoms with Crippen LogP contribution in [0.1, 0.15) is 32.4 Å². The van der Waals surface area contributed by atoms with E-state index < -0.39 is 11.7 Å². The Hall–Kier alpha value is -1.04. The van der Waals surface area contributed by atoms with Crippen LogP contribution >= 0.6 is 0 Å². The Bertz CT molecular complexity index is 330. The van der Waals surface area contributed by atoms with Crippen LogP contribution in [0, 0.1) is 0 Å². The summed E-state index contributed by atoms with van der Waals surface area (Å²) in [6.45, 7) is 6.38. The van der Waals surface area contributed by atoms with Crippen molar-refractivity contribution in [2.75, 3.05) is 6.54 Å². The second-order valence-electron chi connectivity index (χ2n) is 4.12. The maximum absolute atomic E-state index is 12.3. The van der Waals surface area contributed by atoms with Crippen molar-refractivity contribution in [3.05, 3.63) is 18.0 Å². The Balaban J connectivity index is 2.63. The van der Waals surface area contributed by atoms with E-state index in [0.29, 0.717) is 12.6 Å². The second-order valence-corrected chi connectivity index (χ2v) is 4.12. The molecule has 1 aromatic heterocycles. The van der Waals surface area contributed by atoms with E-state index in [9.17, 15) is 13.2 Å². The van der Waals surface area contributed by atoms with Gasteiger partial charge in [-0.25, -0.2) is 0 Å². The lowest BCUT2D eigenvalue weighted by Crippen LogP contribution is -2.29. The lowest BCUT2D eigenvalue weighted by molar-refractivity contribution is -0.137. The van der Waals surface area contributed by atoms with Crippen molar-refractivity contribution in [3.63, 3.8) is 0 Å². The van der Waals surface area contributed by atoms with Crippen molar-refractivity contribution >= 4 is 0 Å². The average Bonchev–Trinajstić information content (AvgIpc) is 2.61. The number of rotatable bonds is 4. The largest absolute Gasteiger partial charge is 0.419 e. The highest BCUT2D eigenvalue weighted by Gasteiger charge is 2.32. The molecule has 0 saturated carbocycles. The number of nitrogens with one attached hydrogen (secondary N) is 1. The van der Waals surface area contributed by atoms with Gasteiger partial charge in [0.15, 0.2) is 0 Å². The Labute approximate surface area is 92.6 Å². The first-order valence-electron chi connectivity index (χ1n) is 5.15. The van der Waals surface area contributed by atoms with Gasteiger partial charge in [0, 0.05) is 18.8 Å². The molecule has 92 valence electrons. The quantitative estimate of drug-likeness (QED) is 0.868. The topological polar surface area (TPSA) is 29.9 Å². The summed E-state index contributed by atoms with van der Waals surface area (Å²) in [7, 11) is 0. The Kier molecular flexibility index (Phi) is 3.96. The molecule has 0 aromatic carbocycles. The molecule has 1 heterocycles. The van der Waals surface area contributed by atoms with E-state index in [2.05, 4.69) is 10.4 Å². The van der Waals surface area contributed by atoms with Crippen LogP contribution in [0.4, 0.5) is 13.2 Å². The first-order valence-corrected chi connectivity index (χ1v) is 5.15. The van der Waals surface area contributed by atoms with Crippen molar-refractivity contribution in [2.45, 2.75) is 39.0 Å². The van der Waals surface area contributed by atoms with Crippen LogP contribution in [0.25, 0.3) is 0 Å². The van der Waals surface area contributed by atoms with Crippen molar-refractivity contribution in [3.8, 4) is 0 Å². The van der Waals surface area contributed by atoms with E-state index in [0.717, 1.165) is 12.4 Å². The molecule has 1 unspecified atom stereocenters. The van der Waals surface area contributed by atoms with Gasteiger partial charge in [-0.3, -0.25) is 4.68 Å². The zero-order valence-corrected chi connectivity index (χ0v) is 9.54. The van der Waals surface area contributed by atoms with Crippen molar-refractivity contribution in [1.29, 1.82) is 0 Å². The maximum atomic E-state index is 12.3. The molecule has 0 amide bonds. The molecular weight excluding hydrogens is 219 g/mol. The van der Waals surface area contributed by atoms with Gasteiger partial charge < -0.3 is 5.32 Å². The summed E-state index contributed by atoms with van der Waals surface area (Å²) >= 11 is 0. The van der Waals surface area contributed by atoms with Crippen LogP contribution in [0.5, 0.6) is 0 Å². The first-order chi connectivity index (χ1) is 7.30. The number of nitrogens with zero attached hydrogens (tertiary/aromatic N) is 2. The van der Waals surface area contributed by atoms with Crippen molar-refractivity contribution in [1.82, 2.24) is 15.1 Å². The van der Waals surface area contributed by atoms with Gasteiger partial charge in [0.2, 0.25) is 0 Å². The highest BCUT2D eigenvalue weighted by atomic mass is 19.4. The van der Waals surface area contributed by atoms with Gasteiger partial charge in [-0.2, -0.15) is 18.3 Å². The molecule has 0 aliphatic rings. The number of hydrogen-bond donors (Lipinski definition) is 1. The SMILES string of the molecule is CC(C)NCC(C)n1cc(C(F)(F)F)cn1. The molecule has 1 atom stereocenters. The Morgan fingerprint density at radius 3 is 2.44 bits per heavy atom. The first kappa shape index (κ1) is 13.0. The van der Waals surface area contributed by atoms with Gasteiger partial charge in [0.1, 0.15) is 0 Å². The minimum absolute atomic E-state index is 0.0986. The van der Waals surface area contributed by atoms with E-state index in [-0.39, 0.29) is 6.04 Å². The Morgan fingerprint density at radius 2 is 2.00 bits per heavy atom. The van der Waals surface area contributed by atoms with Gasteiger partial charge in [0.25, 0.3) is 0 Å². The summed E-state index contributed by atoms with van der Waals surface area (Å²) in [5.41, 5.74) is -0.705. The maximum Gasteiger partial charge on any atom is 0.419 e. The van der Waals surface area contributed by atoms with E-state index in [1.54, 1.807) is 0 Å². The number of aromatic nitrogens is 2. The standard InChI is InChI=1S/C10H16F3N3/c1-7(2)14-4-8(3)16-6-9(5-15-16)10(11,12)13/h5-8,14H,4H2,1-3H3. The molecule has 0 aliphatic heterocycles. The molecule has 0 radical (unpaired) electrons. The molecule has 3 nitrogen and oxygen atoms in total. The van der Waals surface area contributed by atoms with Gasteiger partial charge in [-0.15, -0.1) is 0 Å². The summed E-state index contributed by atoms with van der Waals surface area (Å²) < 4.78 is 38.3. The normalized spacial score (nSPS) is 14.4. The lowest BCUT2D eigenvalue weighted by Gasteiger charge is -2.15. The molecular formula is C10H16F3N3. The van der Waals surface area contributed by atoms with E-state index >= 15 is 0 Å². The fourth-order valence-electron chi connectivity index (χ4n) is 1.23. The summed E-state index contributed by atoms with van der Waals surface area (Å²) in [4.78, 5) is 0. The van der Waals surface area contributed by atoms with Gasteiger partial charge in [0.05, 0.1) is 17.8 Å². The van der Waals surface area contributed by atoms with Gasteiger partial charge in [-0.1, -0.05) is 13.8 Å². The third kappa shape index (κ3) is 3.52. The lowest BCUT2D eigenvalue weighted by atomic mass is 10.3. The third-order valence-corrected chi connectivity index (χ3v) is 2.20. The predicted molar refractivity (Wildman–Crippen MR) is 55.1 cm³/mol. The molecule has 0 bridgehead atoms. The zero-order chi connectivity index (χ0) is 12.3. The highest BCUT2D eigenvalue weighted by Crippen LogP contribution is 2.28. The van der Waals surface area contributed by atoms with Crippen LogP contribution in [0.15, 0.2) is 12.4 Å². The highest BCUT2D eigenvalue weighted by molar-refractivity contribution is 5.08. The van der Waals surface area contributed by atoms with E-state index in [1.165, 1.54) is 4.68 Å². The summed E-state index contributed by atoms with van der Waals surface area (Å²) in [6.07, 6.45) is -2.43. The van der Waals surface area contributed by atoms with E-state index in [1.807, 2.05) is 20.8 Å². The molecule has 0 aliphatic carbocycles. The third-order valence-electron chi connectivity index (χ3n) is 2.20. The molecule has 16 heavy (non-hydrogen) atoms. The number of hydrogen-bond acceptors (Lipinski definition) is 2. The minimum Gasteiger partial charge on any atom is -0.312 e. The predicted octanol–water partition coefficient (Wildman–Crippen LogP) is 2.46. The molecule has 1 aromatic rings. The summed E-state index contributed by atoms with van der Waals surface area (Å²) in [5.74, 6) is 0. The molecule has 0 saturated heterocycles. The van der Waals surface area contributed by atoms with Crippen molar-refractivity contribution < 1.29 is 13.2 Å². The van der Waals surface area contributed by atoms with Crippen LogP contribution < -0.4 is 5.32 Å². The summed E-state index contributed by atoms with van der Waals surface area (Å²) in [5, 5.41) is 6.87. The molecule has 1 N–H and O–H groups in total. The smallest absolute Gasteiger partial charge is 0.312 e. The second kappa shape index (κ2) is 4.86. The van der Waals surface area contributed by atoms with Crippen LogP contribution in [-0.4, -0.2) is 22.4 Å². The van der Waals surface area contributed by atoms with E-state index in [4.69, 9.17) is 0 Å². The average molecular weight is 235 g/mol. The fourth-order valence-corrected chi connectivity index (χ4v) is 1.23. The zero-order valence-electron chi connectivity index (χ0n) is 9.54. The number of alkyl halides is 3. The minimum atomic E-state index is -4.32. The Morgan fingerprint density at radius 1 is 1.38 bits per heavy atom.